The van der Waals surface area contributed by atoms with Crippen molar-refractivity contribution in [1.82, 2.24) is 10.6 Å². The third-order valence-corrected chi connectivity index (χ3v) is 4.21. The van der Waals surface area contributed by atoms with Crippen LogP contribution in [-0.4, -0.2) is 31.5 Å². The van der Waals surface area contributed by atoms with Crippen LogP contribution in [0.2, 0.25) is 0 Å². The van der Waals surface area contributed by atoms with E-state index in [0.29, 0.717) is 18.9 Å². The van der Waals surface area contributed by atoms with E-state index in [1.54, 1.807) is 11.9 Å². The van der Waals surface area contributed by atoms with Crippen LogP contribution in [0.25, 0.3) is 0 Å². The zero-order valence-electron chi connectivity index (χ0n) is 14.8. The number of anilines is 1. The largest absolute Gasteiger partial charge is 0.352 e. The van der Waals surface area contributed by atoms with Crippen LogP contribution in [0.5, 0.6) is 0 Å². The van der Waals surface area contributed by atoms with Crippen LogP contribution in [-0.2, 0) is 11.3 Å². The van der Waals surface area contributed by atoms with Crippen molar-refractivity contribution in [2.75, 3.05) is 18.5 Å². The average Bonchev–Trinajstić information content (AvgIpc) is 3.02. The van der Waals surface area contributed by atoms with Crippen LogP contribution in [0.4, 0.5) is 14.5 Å². The molecule has 0 saturated carbocycles. The quantitative estimate of drug-likeness (QED) is 0.397. The van der Waals surface area contributed by atoms with Gasteiger partial charge in [0.2, 0.25) is 5.91 Å². The first kappa shape index (κ1) is 21.1. The Balaban J connectivity index is 0.00000261. The zero-order valence-corrected chi connectivity index (χ0v) is 17.1. The van der Waals surface area contributed by atoms with E-state index in [1.807, 2.05) is 30.3 Å². The normalized spacial score (nSPS) is 16.9. The van der Waals surface area contributed by atoms with Crippen LogP contribution < -0.4 is 15.5 Å². The number of nitrogens with one attached hydrogen (secondary N) is 2. The Labute approximate surface area is 173 Å². The van der Waals surface area contributed by atoms with Crippen molar-refractivity contribution in [3.63, 3.8) is 0 Å². The Morgan fingerprint density at radius 1 is 1.22 bits per heavy atom. The Morgan fingerprint density at radius 2 is 1.96 bits per heavy atom. The molecule has 1 atom stereocenters. The highest BCUT2D eigenvalue weighted by atomic mass is 127. The number of aliphatic imine (C=N–C) groups is 1. The number of para-hydroxylation sites is 1. The third-order valence-electron chi connectivity index (χ3n) is 4.21. The van der Waals surface area contributed by atoms with Gasteiger partial charge in [-0.15, -0.1) is 24.0 Å². The maximum atomic E-state index is 13.7. The summed E-state index contributed by atoms with van der Waals surface area (Å²) >= 11 is 0. The fourth-order valence-electron chi connectivity index (χ4n) is 2.91. The number of benzene rings is 2. The Kier molecular flexibility index (Phi) is 7.52. The average molecular weight is 486 g/mol. The molecule has 8 heteroatoms. The zero-order chi connectivity index (χ0) is 18.5. The van der Waals surface area contributed by atoms with Gasteiger partial charge in [0.1, 0.15) is 11.6 Å². The lowest BCUT2D eigenvalue weighted by Crippen LogP contribution is -2.44. The van der Waals surface area contributed by atoms with Gasteiger partial charge >= 0.3 is 0 Å². The van der Waals surface area contributed by atoms with E-state index in [0.717, 1.165) is 23.9 Å². The maximum Gasteiger partial charge on any atom is 0.229 e. The number of carbonyl (C=O) groups excluding carboxylic acids is 1. The minimum atomic E-state index is -0.494. The molecule has 1 fully saturated rings. The van der Waals surface area contributed by atoms with E-state index in [2.05, 4.69) is 15.6 Å². The van der Waals surface area contributed by atoms with Crippen molar-refractivity contribution in [2.24, 2.45) is 4.99 Å². The first-order valence-corrected chi connectivity index (χ1v) is 8.33. The van der Waals surface area contributed by atoms with Gasteiger partial charge in [-0.25, -0.2) is 8.78 Å². The van der Waals surface area contributed by atoms with Gasteiger partial charge in [0.15, 0.2) is 5.96 Å². The van der Waals surface area contributed by atoms with Crippen LogP contribution in [0.3, 0.4) is 0 Å². The van der Waals surface area contributed by atoms with E-state index in [-0.39, 0.29) is 48.0 Å². The Hall–Kier alpha value is -2.23. The van der Waals surface area contributed by atoms with E-state index in [1.165, 1.54) is 0 Å². The highest BCUT2D eigenvalue weighted by molar-refractivity contribution is 14.0. The second-order valence-electron chi connectivity index (χ2n) is 6.05. The summed E-state index contributed by atoms with van der Waals surface area (Å²) in [5.74, 6) is -0.520. The second-order valence-corrected chi connectivity index (χ2v) is 6.05. The molecule has 0 aromatic heterocycles. The van der Waals surface area contributed by atoms with Crippen LogP contribution in [0, 0.1) is 11.6 Å². The predicted molar refractivity (Wildman–Crippen MR) is 112 cm³/mol. The summed E-state index contributed by atoms with van der Waals surface area (Å²) in [6, 6.07) is 12.6. The summed E-state index contributed by atoms with van der Waals surface area (Å²) in [5.41, 5.74) is 1.06. The van der Waals surface area contributed by atoms with Crippen molar-refractivity contribution in [3.05, 3.63) is 65.7 Å². The summed E-state index contributed by atoms with van der Waals surface area (Å²) in [6.45, 7) is 0.601. The number of rotatable bonds is 4. The summed E-state index contributed by atoms with van der Waals surface area (Å²) < 4.78 is 26.9. The van der Waals surface area contributed by atoms with Gasteiger partial charge < -0.3 is 15.5 Å². The third kappa shape index (κ3) is 5.38. The van der Waals surface area contributed by atoms with Gasteiger partial charge in [-0.3, -0.25) is 9.79 Å². The summed E-state index contributed by atoms with van der Waals surface area (Å²) in [6.07, 6.45) is 0.337. The molecular weight excluding hydrogens is 465 g/mol. The Morgan fingerprint density at radius 3 is 2.67 bits per heavy atom. The second kappa shape index (κ2) is 9.63. The molecule has 2 aromatic carbocycles. The van der Waals surface area contributed by atoms with Gasteiger partial charge in [-0.1, -0.05) is 18.2 Å². The predicted octanol–water partition coefficient (Wildman–Crippen LogP) is 3.05. The monoisotopic (exact) mass is 486 g/mol. The molecule has 1 aliphatic rings. The van der Waals surface area contributed by atoms with Gasteiger partial charge in [-0.05, 0) is 30.3 Å². The van der Waals surface area contributed by atoms with Gasteiger partial charge in [-0.2, -0.15) is 0 Å². The molecule has 1 saturated heterocycles. The summed E-state index contributed by atoms with van der Waals surface area (Å²) in [4.78, 5) is 18.1. The first-order valence-electron chi connectivity index (χ1n) is 8.33. The first-order chi connectivity index (χ1) is 12.6. The van der Waals surface area contributed by atoms with Gasteiger partial charge in [0.05, 0.1) is 6.04 Å². The Bertz CT molecular complexity index is 817. The van der Waals surface area contributed by atoms with E-state index < -0.39 is 11.6 Å². The fraction of sp³-hybridized carbons (Fsp3) is 0.263. The molecule has 1 unspecified atom stereocenters. The fourth-order valence-corrected chi connectivity index (χ4v) is 2.91. The maximum absolute atomic E-state index is 13.7. The molecular formula is C19H21F2IN4O. The van der Waals surface area contributed by atoms with Crippen molar-refractivity contribution in [1.29, 1.82) is 0 Å². The molecule has 27 heavy (non-hydrogen) atoms. The molecule has 5 nitrogen and oxygen atoms in total. The highest BCUT2D eigenvalue weighted by Crippen LogP contribution is 2.21. The smallest absolute Gasteiger partial charge is 0.229 e. The molecule has 2 N–H and O–H groups in total. The molecule has 144 valence electrons. The van der Waals surface area contributed by atoms with E-state index in [4.69, 9.17) is 0 Å². The van der Waals surface area contributed by atoms with E-state index >= 15 is 0 Å². The minimum absolute atomic E-state index is 0. The lowest BCUT2D eigenvalue weighted by Gasteiger charge is -2.19. The number of hydrogen-bond donors (Lipinski definition) is 2. The molecule has 0 aliphatic carbocycles. The summed E-state index contributed by atoms with van der Waals surface area (Å²) in [7, 11) is 1.59. The number of halogens is 3. The molecule has 1 heterocycles. The molecule has 3 rings (SSSR count). The molecule has 0 radical (unpaired) electrons. The molecule has 0 spiro atoms. The lowest BCUT2D eigenvalue weighted by atomic mass is 10.2. The minimum Gasteiger partial charge on any atom is -0.352 e. The molecule has 0 bridgehead atoms. The molecule has 2 aromatic rings. The van der Waals surface area contributed by atoms with Gasteiger partial charge in [0, 0.05) is 37.8 Å². The van der Waals surface area contributed by atoms with Crippen LogP contribution >= 0.6 is 24.0 Å². The standard InChI is InChI=1S/C19H20F2N4O.HI/c1-22-19(23-11-13-9-14(20)7-8-17(13)21)24-15-10-18(26)25(12-15)16-5-3-2-4-6-16;/h2-9,15H,10-12H2,1H3,(H2,22,23,24);1H. The van der Waals surface area contributed by atoms with Crippen molar-refractivity contribution >= 4 is 41.5 Å². The number of hydrogen-bond acceptors (Lipinski definition) is 2. The number of guanidine groups is 1. The van der Waals surface area contributed by atoms with Crippen LogP contribution in [0.15, 0.2) is 53.5 Å². The molecule has 1 aliphatic heterocycles. The van der Waals surface area contributed by atoms with Gasteiger partial charge in [0.25, 0.3) is 0 Å². The number of amides is 1. The highest BCUT2D eigenvalue weighted by Gasteiger charge is 2.31. The van der Waals surface area contributed by atoms with Crippen LogP contribution in [0.1, 0.15) is 12.0 Å². The number of carbonyl (C=O) groups is 1. The van der Waals surface area contributed by atoms with Crippen molar-refractivity contribution in [2.45, 2.75) is 19.0 Å². The lowest BCUT2D eigenvalue weighted by molar-refractivity contribution is -0.117. The van der Waals surface area contributed by atoms with E-state index in [9.17, 15) is 13.6 Å². The summed E-state index contributed by atoms with van der Waals surface area (Å²) in [5, 5.41) is 6.11. The topological polar surface area (TPSA) is 56.7 Å². The van der Waals surface area contributed by atoms with Crippen molar-refractivity contribution in [3.8, 4) is 0 Å². The SMILES string of the molecule is CN=C(NCc1cc(F)ccc1F)NC1CC(=O)N(c2ccccc2)C1.I. The molecule has 1 amide bonds. The number of nitrogens with zero attached hydrogens (tertiary/aromatic N) is 2. The van der Waals surface area contributed by atoms with Crippen molar-refractivity contribution < 1.29 is 13.6 Å².